The third kappa shape index (κ3) is 6.98. The van der Waals surface area contributed by atoms with Crippen LogP contribution in [0.25, 0.3) is 10.9 Å². The van der Waals surface area contributed by atoms with Crippen molar-refractivity contribution in [1.82, 2.24) is 13.9 Å². The molecule has 0 spiro atoms. The molecule has 2 saturated carbocycles. The van der Waals surface area contributed by atoms with E-state index in [1.807, 2.05) is 4.72 Å². The molecule has 1 aromatic carbocycles. The van der Waals surface area contributed by atoms with Gasteiger partial charge in [0.15, 0.2) is 0 Å². The average Bonchev–Trinajstić information content (AvgIpc) is 3.45. The van der Waals surface area contributed by atoms with Crippen molar-refractivity contribution in [1.29, 1.82) is 0 Å². The molecule has 11 nitrogen and oxygen atoms in total. The van der Waals surface area contributed by atoms with Crippen molar-refractivity contribution in [2.24, 2.45) is 0 Å². The number of carbonyl (C=O) groups is 2. The summed E-state index contributed by atoms with van der Waals surface area (Å²) in [4.78, 5) is 50.7. The van der Waals surface area contributed by atoms with Crippen LogP contribution in [-0.2, 0) is 30.9 Å². The molecule has 0 aliphatic heterocycles. The second-order valence-electron chi connectivity index (χ2n) is 10.4. The molecule has 1 heterocycles. The van der Waals surface area contributed by atoms with Crippen LogP contribution in [0, 0.1) is 5.82 Å². The van der Waals surface area contributed by atoms with E-state index < -0.39 is 51.3 Å². The number of amides is 1. The van der Waals surface area contributed by atoms with Crippen LogP contribution in [0.4, 0.5) is 10.1 Å². The first-order valence-corrected chi connectivity index (χ1v) is 15.3. The number of fused-ring (bicyclic) bond motifs is 1. The number of benzene rings is 1. The standard InChI is InChI=1S/C27H35FN4O7S/c1-2-25(34)39-13-8-14-40(37,38)30-24(33)17-31-26(35)20-15-21(28)22(29-18-9-4-3-5-10-18)16-23(20)32(27(31)36)19-11-6-7-12-19/h2,15-16,18-19,29H,1,3-14,17H2,(H,30,33). The molecule has 40 heavy (non-hydrogen) atoms. The van der Waals surface area contributed by atoms with E-state index in [0.29, 0.717) is 22.9 Å². The second kappa shape index (κ2) is 12.8. The Balaban J connectivity index is 1.62. The van der Waals surface area contributed by atoms with Gasteiger partial charge in [-0.3, -0.25) is 23.4 Å². The predicted molar refractivity (Wildman–Crippen MR) is 148 cm³/mol. The van der Waals surface area contributed by atoms with Crippen LogP contribution in [0.5, 0.6) is 0 Å². The topological polar surface area (TPSA) is 146 Å². The summed E-state index contributed by atoms with van der Waals surface area (Å²) >= 11 is 0. The van der Waals surface area contributed by atoms with Gasteiger partial charge in [0.1, 0.15) is 12.4 Å². The van der Waals surface area contributed by atoms with Crippen LogP contribution in [0.15, 0.2) is 34.4 Å². The van der Waals surface area contributed by atoms with Crippen LogP contribution in [0.1, 0.15) is 70.3 Å². The maximum atomic E-state index is 15.2. The van der Waals surface area contributed by atoms with Gasteiger partial charge in [-0.05, 0) is 44.2 Å². The van der Waals surface area contributed by atoms with Gasteiger partial charge in [-0.25, -0.2) is 22.4 Å². The lowest BCUT2D eigenvalue weighted by Crippen LogP contribution is -2.45. The summed E-state index contributed by atoms with van der Waals surface area (Å²) in [6.07, 6.45) is 9.05. The molecule has 0 bridgehead atoms. The van der Waals surface area contributed by atoms with Crippen LogP contribution < -0.4 is 21.3 Å². The minimum atomic E-state index is -4.14. The minimum absolute atomic E-state index is 0.0575. The van der Waals surface area contributed by atoms with E-state index in [0.717, 1.165) is 57.1 Å². The highest BCUT2D eigenvalue weighted by Crippen LogP contribution is 2.32. The zero-order chi connectivity index (χ0) is 28.9. The Morgan fingerprint density at radius 1 is 1.07 bits per heavy atom. The first-order valence-electron chi connectivity index (χ1n) is 13.7. The molecule has 4 rings (SSSR count). The van der Waals surface area contributed by atoms with Gasteiger partial charge in [-0.1, -0.05) is 38.7 Å². The molecule has 0 radical (unpaired) electrons. The first kappa shape index (κ1) is 29.5. The largest absolute Gasteiger partial charge is 0.463 e. The van der Waals surface area contributed by atoms with Crippen LogP contribution >= 0.6 is 0 Å². The van der Waals surface area contributed by atoms with Gasteiger partial charge in [0.25, 0.3) is 11.5 Å². The Bertz CT molecular complexity index is 1500. The van der Waals surface area contributed by atoms with Gasteiger partial charge in [0, 0.05) is 18.2 Å². The summed E-state index contributed by atoms with van der Waals surface area (Å²) in [6.45, 7) is 2.19. The predicted octanol–water partition coefficient (Wildman–Crippen LogP) is 2.73. The normalized spacial score (nSPS) is 16.6. The van der Waals surface area contributed by atoms with E-state index in [4.69, 9.17) is 4.74 Å². The molecule has 1 aromatic heterocycles. The molecule has 0 unspecified atom stereocenters. The monoisotopic (exact) mass is 578 g/mol. The number of sulfonamides is 1. The molecular weight excluding hydrogens is 543 g/mol. The molecule has 2 aliphatic rings. The molecule has 2 aromatic rings. The lowest BCUT2D eigenvalue weighted by molar-refractivity contribution is -0.137. The van der Waals surface area contributed by atoms with Gasteiger partial charge in [-0.15, -0.1) is 0 Å². The fourth-order valence-electron chi connectivity index (χ4n) is 5.51. The maximum absolute atomic E-state index is 15.2. The van der Waals surface area contributed by atoms with Crippen molar-refractivity contribution < 1.29 is 27.1 Å². The van der Waals surface area contributed by atoms with Crippen molar-refractivity contribution in [3.05, 3.63) is 51.4 Å². The molecule has 2 N–H and O–H groups in total. The summed E-state index contributed by atoms with van der Waals surface area (Å²) < 4.78 is 48.5. The maximum Gasteiger partial charge on any atom is 0.332 e. The Morgan fingerprint density at radius 3 is 2.42 bits per heavy atom. The smallest absolute Gasteiger partial charge is 0.332 e. The van der Waals surface area contributed by atoms with Crippen LogP contribution in [-0.4, -0.2) is 47.8 Å². The van der Waals surface area contributed by atoms with E-state index in [1.165, 1.54) is 10.6 Å². The summed E-state index contributed by atoms with van der Waals surface area (Å²) in [5.41, 5.74) is -1.10. The highest BCUT2D eigenvalue weighted by Gasteiger charge is 2.26. The van der Waals surface area contributed by atoms with Gasteiger partial charge in [0.05, 0.1) is 29.0 Å². The number of esters is 1. The molecular formula is C27H35FN4O7S. The number of rotatable bonds is 11. The third-order valence-electron chi connectivity index (χ3n) is 7.45. The average molecular weight is 579 g/mol. The van der Waals surface area contributed by atoms with Crippen molar-refractivity contribution in [2.75, 3.05) is 17.7 Å². The zero-order valence-corrected chi connectivity index (χ0v) is 23.1. The SMILES string of the molecule is C=CC(=O)OCCCS(=O)(=O)NC(=O)Cn1c(=O)c2cc(F)c(NC3CCCCC3)cc2n(C2CCCC2)c1=O. The van der Waals surface area contributed by atoms with E-state index in [9.17, 15) is 27.6 Å². The second-order valence-corrected chi connectivity index (χ2v) is 12.2. The van der Waals surface area contributed by atoms with Crippen molar-refractivity contribution in [3.8, 4) is 0 Å². The molecule has 2 fully saturated rings. The molecule has 1 amide bonds. The molecule has 0 saturated heterocycles. The quantitative estimate of drug-likeness (QED) is 0.235. The minimum Gasteiger partial charge on any atom is -0.463 e. The molecule has 0 atom stereocenters. The van der Waals surface area contributed by atoms with E-state index in [1.54, 1.807) is 0 Å². The van der Waals surface area contributed by atoms with Crippen molar-refractivity contribution in [2.45, 2.75) is 82.8 Å². The lowest BCUT2D eigenvalue weighted by atomic mass is 9.95. The number of hydrogen-bond donors (Lipinski definition) is 2. The number of halogens is 1. The number of anilines is 1. The van der Waals surface area contributed by atoms with Gasteiger partial charge < -0.3 is 10.1 Å². The molecule has 2 aliphatic carbocycles. The van der Waals surface area contributed by atoms with E-state index in [-0.39, 0.29) is 36.2 Å². The fourth-order valence-corrected chi connectivity index (χ4v) is 6.52. The lowest BCUT2D eigenvalue weighted by Gasteiger charge is -2.25. The summed E-state index contributed by atoms with van der Waals surface area (Å²) in [5, 5.41) is 3.18. The summed E-state index contributed by atoms with van der Waals surface area (Å²) in [7, 11) is -4.14. The van der Waals surface area contributed by atoms with Crippen LogP contribution in [0.2, 0.25) is 0 Å². The highest BCUT2D eigenvalue weighted by molar-refractivity contribution is 7.90. The molecule has 13 heteroatoms. The van der Waals surface area contributed by atoms with E-state index in [2.05, 4.69) is 11.9 Å². The number of nitrogens with zero attached hydrogens (tertiary/aromatic N) is 2. The van der Waals surface area contributed by atoms with Crippen LogP contribution in [0.3, 0.4) is 0 Å². The van der Waals surface area contributed by atoms with Gasteiger partial charge >= 0.3 is 11.7 Å². The zero-order valence-electron chi connectivity index (χ0n) is 22.3. The van der Waals surface area contributed by atoms with Crippen molar-refractivity contribution in [3.63, 3.8) is 0 Å². The van der Waals surface area contributed by atoms with E-state index >= 15 is 4.39 Å². The Labute approximate surface area is 231 Å². The van der Waals surface area contributed by atoms with Gasteiger partial charge in [0.2, 0.25) is 10.0 Å². The van der Waals surface area contributed by atoms with Gasteiger partial charge in [-0.2, -0.15) is 0 Å². The summed E-state index contributed by atoms with van der Waals surface area (Å²) in [6, 6.07) is 2.46. The number of nitrogens with one attached hydrogen (secondary N) is 2. The Morgan fingerprint density at radius 2 is 1.75 bits per heavy atom. The Kier molecular flexibility index (Phi) is 9.44. The van der Waals surface area contributed by atoms with Crippen molar-refractivity contribution >= 4 is 38.5 Å². The highest BCUT2D eigenvalue weighted by atomic mass is 32.2. The fraction of sp³-hybridized carbons (Fsp3) is 0.556. The summed E-state index contributed by atoms with van der Waals surface area (Å²) in [5.74, 6) is -2.95. The Hall–Kier alpha value is -3.48. The molecule has 218 valence electrons. The number of carbonyl (C=O) groups excluding carboxylic acids is 2. The number of hydrogen-bond acceptors (Lipinski definition) is 8. The first-order chi connectivity index (χ1) is 19.1. The number of ether oxygens (including phenoxy) is 1. The number of aromatic nitrogens is 2. The third-order valence-corrected chi connectivity index (χ3v) is 8.82.